The summed E-state index contributed by atoms with van der Waals surface area (Å²) in [7, 11) is -2.19. The first-order valence-electron chi connectivity index (χ1n) is 6.38. The number of aliphatic imine (C=N–C) groups is 2. The van der Waals surface area contributed by atoms with Crippen molar-refractivity contribution in [2.24, 2.45) is 9.98 Å². The summed E-state index contributed by atoms with van der Waals surface area (Å²) in [6, 6.07) is 0. The third-order valence-corrected chi connectivity index (χ3v) is 3.55. The summed E-state index contributed by atoms with van der Waals surface area (Å²) in [5.74, 6) is 0.656. The van der Waals surface area contributed by atoms with Crippen LogP contribution in [-0.2, 0) is 10.3 Å². The first-order valence-corrected chi connectivity index (χ1v) is 7.45. The van der Waals surface area contributed by atoms with Crippen molar-refractivity contribution < 1.29 is 8.42 Å². The van der Waals surface area contributed by atoms with Gasteiger partial charge in [0.1, 0.15) is 5.84 Å². The van der Waals surface area contributed by atoms with Crippen molar-refractivity contribution in [3.05, 3.63) is 23.9 Å². The summed E-state index contributed by atoms with van der Waals surface area (Å²) in [6.45, 7) is 4.27. The van der Waals surface area contributed by atoms with Gasteiger partial charge in [0, 0.05) is 0 Å². The van der Waals surface area contributed by atoms with Crippen molar-refractivity contribution in [3.8, 4) is 0 Å². The average molecular weight is 279 g/mol. The Labute approximate surface area is 114 Å². The van der Waals surface area contributed by atoms with E-state index in [2.05, 4.69) is 15.3 Å². The highest BCUT2D eigenvalue weighted by Crippen LogP contribution is 2.14. The van der Waals surface area contributed by atoms with E-state index in [4.69, 9.17) is 0 Å². The van der Waals surface area contributed by atoms with Crippen LogP contribution in [0.1, 0.15) is 26.2 Å². The number of amidine groups is 1. The van der Waals surface area contributed by atoms with Crippen molar-refractivity contribution in [2.45, 2.75) is 26.2 Å². The Morgan fingerprint density at radius 1 is 1.11 bits per heavy atom. The lowest BCUT2D eigenvalue weighted by molar-refractivity contribution is 0.520. The summed E-state index contributed by atoms with van der Waals surface area (Å²) in [5.41, 5.74) is 1.35. The fraction of sp³-hybridized carbons (Fsp3) is 0.462. The molecule has 1 saturated heterocycles. The number of hydrogen-bond donors (Lipinski definition) is 1. The molecule has 0 spiro atoms. The van der Waals surface area contributed by atoms with Gasteiger partial charge in [-0.05, 0) is 51.1 Å². The van der Waals surface area contributed by atoms with Crippen molar-refractivity contribution in [3.63, 3.8) is 0 Å². The van der Waals surface area contributed by atoms with E-state index >= 15 is 0 Å². The Kier molecular flexibility index (Phi) is 4.81. The number of allylic oxidation sites excluding steroid dienone is 3. The Morgan fingerprint density at radius 2 is 1.84 bits per heavy atom. The van der Waals surface area contributed by atoms with Gasteiger partial charge in [-0.2, -0.15) is 8.42 Å². The van der Waals surface area contributed by atoms with Gasteiger partial charge >= 0.3 is 0 Å². The first kappa shape index (κ1) is 13.9. The van der Waals surface area contributed by atoms with Gasteiger partial charge in [-0.1, -0.05) is 6.42 Å². The van der Waals surface area contributed by atoms with E-state index in [1.54, 1.807) is 13.0 Å². The smallest absolute Gasteiger partial charge is 0.221 e. The van der Waals surface area contributed by atoms with Crippen LogP contribution in [0.2, 0.25) is 0 Å². The number of nitrogens with one attached hydrogen (secondary N) is 1. The van der Waals surface area contributed by atoms with Crippen molar-refractivity contribution in [1.82, 2.24) is 5.32 Å². The van der Waals surface area contributed by atoms with Crippen LogP contribution in [0, 0.1) is 0 Å². The highest BCUT2D eigenvalue weighted by molar-refractivity contribution is 7.73. The molecule has 2 aliphatic heterocycles. The maximum atomic E-state index is 10.6. The van der Waals surface area contributed by atoms with Crippen LogP contribution in [0.3, 0.4) is 0 Å². The van der Waals surface area contributed by atoms with Gasteiger partial charge in [0.05, 0.1) is 16.3 Å². The van der Waals surface area contributed by atoms with Crippen LogP contribution in [0.5, 0.6) is 0 Å². The minimum atomic E-state index is -2.19. The van der Waals surface area contributed by atoms with Crippen LogP contribution in [0.4, 0.5) is 0 Å². The number of hydrogen-bond acceptors (Lipinski definition) is 5. The maximum absolute atomic E-state index is 10.6. The summed E-state index contributed by atoms with van der Waals surface area (Å²) in [4.78, 5) is 8.42. The third kappa shape index (κ3) is 3.97. The zero-order valence-electron chi connectivity index (χ0n) is 10.9. The molecule has 5 nitrogen and oxygen atoms in total. The van der Waals surface area contributed by atoms with E-state index in [0.29, 0.717) is 11.5 Å². The number of fused-ring (bicyclic) bond motifs is 1. The third-order valence-electron chi connectivity index (χ3n) is 2.91. The molecule has 0 radical (unpaired) electrons. The SMILES string of the molecule is C1CCNCC1.CC1=NC2=CC(=S(=O)=O)C=CC2=N1. The molecular formula is C13H17N3O2S. The predicted molar refractivity (Wildman–Crippen MR) is 78.4 cm³/mol. The van der Waals surface area contributed by atoms with Crippen molar-refractivity contribution in [2.75, 3.05) is 13.1 Å². The fourth-order valence-corrected chi connectivity index (χ4v) is 2.35. The van der Waals surface area contributed by atoms with E-state index < -0.39 is 10.3 Å². The molecule has 3 aliphatic rings. The monoisotopic (exact) mass is 279 g/mol. The van der Waals surface area contributed by atoms with Crippen LogP contribution >= 0.6 is 0 Å². The van der Waals surface area contributed by atoms with Crippen LogP contribution in [0.25, 0.3) is 0 Å². The van der Waals surface area contributed by atoms with Gasteiger partial charge in [-0.15, -0.1) is 0 Å². The normalized spacial score (nSPS) is 20.7. The second kappa shape index (κ2) is 6.58. The van der Waals surface area contributed by atoms with Gasteiger partial charge in [0.25, 0.3) is 0 Å². The van der Waals surface area contributed by atoms with Crippen LogP contribution in [-0.4, -0.2) is 37.9 Å². The van der Waals surface area contributed by atoms with E-state index in [0.717, 1.165) is 5.71 Å². The summed E-state index contributed by atoms with van der Waals surface area (Å²) < 4.78 is 21.2. The maximum Gasteiger partial charge on any atom is 0.221 e. The standard InChI is InChI=1S/C8H6N2O2S.C5H11N/c1-5-9-7-3-2-6(13(11)12)4-8(7)10-5;1-2-4-6-5-3-1/h2-4H,1H3;6H,1-5H2. The highest BCUT2D eigenvalue weighted by atomic mass is 32.2. The molecule has 3 rings (SSSR count). The molecule has 0 saturated carbocycles. The Bertz CT molecular complexity index is 586. The molecule has 0 amide bonds. The molecule has 0 aromatic rings. The van der Waals surface area contributed by atoms with E-state index in [1.165, 1.54) is 44.5 Å². The van der Waals surface area contributed by atoms with Crippen LogP contribution in [0.15, 0.2) is 33.9 Å². The largest absolute Gasteiger partial charge is 0.317 e. The molecule has 0 bridgehead atoms. The second-order valence-electron chi connectivity index (χ2n) is 4.47. The molecule has 0 aromatic heterocycles. The average Bonchev–Trinajstić information content (AvgIpc) is 2.80. The number of piperidine rings is 1. The quantitative estimate of drug-likeness (QED) is 0.676. The Hall–Kier alpha value is -1.53. The summed E-state index contributed by atoms with van der Waals surface area (Å²) >= 11 is 0. The van der Waals surface area contributed by atoms with Gasteiger partial charge in [-0.25, -0.2) is 9.98 Å². The highest BCUT2D eigenvalue weighted by Gasteiger charge is 2.15. The van der Waals surface area contributed by atoms with Crippen molar-refractivity contribution in [1.29, 1.82) is 0 Å². The molecule has 102 valence electrons. The summed E-state index contributed by atoms with van der Waals surface area (Å²) in [5, 5.41) is 3.28. The molecule has 1 aliphatic carbocycles. The molecule has 2 heterocycles. The lowest BCUT2D eigenvalue weighted by atomic mass is 10.1. The molecule has 1 fully saturated rings. The number of nitrogens with zero attached hydrogens (tertiary/aromatic N) is 2. The zero-order chi connectivity index (χ0) is 13.7. The fourth-order valence-electron chi connectivity index (χ4n) is 1.97. The first-order chi connectivity index (χ1) is 9.16. The Morgan fingerprint density at radius 3 is 2.37 bits per heavy atom. The lowest BCUT2D eigenvalue weighted by Gasteiger charge is -2.08. The minimum absolute atomic E-state index is 0.243. The summed E-state index contributed by atoms with van der Waals surface area (Å²) in [6.07, 6.45) is 8.89. The molecular weight excluding hydrogens is 262 g/mol. The lowest BCUT2D eigenvalue weighted by Crippen LogP contribution is -2.21. The van der Waals surface area contributed by atoms with Gasteiger partial charge in [-0.3, -0.25) is 0 Å². The van der Waals surface area contributed by atoms with Gasteiger partial charge < -0.3 is 5.32 Å². The molecule has 0 unspecified atom stereocenters. The molecule has 6 heteroatoms. The van der Waals surface area contributed by atoms with E-state index in [9.17, 15) is 8.42 Å². The van der Waals surface area contributed by atoms with Crippen molar-refractivity contribution >= 4 is 26.7 Å². The second-order valence-corrected chi connectivity index (χ2v) is 5.41. The van der Waals surface area contributed by atoms with E-state index in [1.807, 2.05) is 0 Å². The molecule has 19 heavy (non-hydrogen) atoms. The number of rotatable bonds is 0. The Balaban J connectivity index is 0.000000186. The molecule has 0 atom stereocenters. The van der Waals surface area contributed by atoms with Gasteiger partial charge in [0.2, 0.25) is 10.3 Å². The van der Waals surface area contributed by atoms with Crippen LogP contribution < -0.4 is 5.32 Å². The topological polar surface area (TPSA) is 70.9 Å². The van der Waals surface area contributed by atoms with Gasteiger partial charge in [0.15, 0.2) is 0 Å². The zero-order valence-corrected chi connectivity index (χ0v) is 11.7. The predicted octanol–water partition coefficient (Wildman–Crippen LogP) is 1.12. The molecule has 1 N–H and O–H groups in total. The van der Waals surface area contributed by atoms with E-state index in [-0.39, 0.29) is 4.86 Å². The molecule has 0 aromatic carbocycles. The minimum Gasteiger partial charge on any atom is -0.317 e.